The minimum atomic E-state index is -0.299. The summed E-state index contributed by atoms with van der Waals surface area (Å²) >= 11 is 12.2. The zero-order valence-corrected chi connectivity index (χ0v) is 16.8. The van der Waals surface area contributed by atoms with Gasteiger partial charge in [0.25, 0.3) is 0 Å². The van der Waals surface area contributed by atoms with E-state index < -0.39 is 0 Å². The molecule has 0 aliphatic heterocycles. The molecule has 0 aliphatic carbocycles. The van der Waals surface area contributed by atoms with E-state index in [1.54, 1.807) is 18.2 Å². The van der Waals surface area contributed by atoms with Gasteiger partial charge in [-0.1, -0.05) is 55.2 Å². The van der Waals surface area contributed by atoms with Crippen LogP contribution in [-0.4, -0.2) is 18.4 Å². The number of carbonyl (C=O) groups excluding carboxylic acids is 2. The molecule has 2 aromatic carbocycles. The van der Waals surface area contributed by atoms with E-state index in [0.717, 1.165) is 16.8 Å². The summed E-state index contributed by atoms with van der Waals surface area (Å²) in [5, 5.41) is 3.74. The Balaban J connectivity index is 2.28. The predicted molar refractivity (Wildman–Crippen MR) is 108 cm³/mol. The van der Waals surface area contributed by atoms with Crippen LogP contribution in [0.2, 0.25) is 10.0 Å². The van der Waals surface area contributed by atoms with E-state index >= 15 is 0 Å². The smallest absolute Gasteiger partial charge is 0.244 e. The zero-order valence-electron chi connectivity index (χ0n) is 15.3. The lowest BCUT2D eigenvalue weighted by Crippen LogP contribution is -2.37. The van der Waals surface area contributed by atoms with E-state index in [2.05, 4.69) is 19.2 Å². The van der Waals surface area contributed by atoms with Gasteiger partial charge in [-0.05, 0) is 42.2 Å². The second-order valence-corrected chi connectivity index (χ2v) is 7.29. The van der Waals surface area contributed by atoms with E-state index in [4.69, 9.17) is 23.2 Å². The third-order valence-corrected chi connectivity index (χ3v) is 4.63. The van der Waals surface area contributed by atoms with Crippen molar-refractivity contribution in [2.24, 2.45) is 0 Å². The monoisotopic (exact) mass is 392 g/mol. The van der Waals surface area contributed by atoms with Gasteiger partial charge in [-0.3, -0.25) is 9.59 Å². The van der Waals surface area contributed by atoms with Crippen molar-refractivity contribution in [1.29, 1.82) is 0 Å². The molecule has 2 rings (SSSR count). The molecule has 0 aromatic heterocycles. The Labute approximate surface area is 164 Å². The van der Waals surface area contributed by atoms with Crippen molar-refractivity contribution in [3.63, 3.8) is 0 Å². The molecule has 26 heavy (non-hydrogen) atoms. The van der Waals surface area contributed by atoms with E-state index in [1.165, 1.54) is 11.8 Å². The Hall–Kier alpha value is -2.04. The number of halogens is 2. The summed E-state index contributed by atoms with van der Waals surface area (Å²) in [6.45, 7) is 7.31. The SMILES string of the molecule is CC(=O)N(CC(=O)Nc1c(C)cccc1C(C)C)c1cc(Cl)ccc1Cl. The number of nitrogens with one attached hydrogen (secondary N) is 1. The van der Waals surface area contributed by atoms with Crippen LogP contribution < -0.4 is 10.2 Å². The molecule has 1 N–H and O–H groups in total. The first-order valence-electron chi connectivity index (χ1n) is 8.33. The summed E-state index contributed by atoms with van der Waals surface area (Å²) in [6.07, 6.45) is 0. The summed E-state index contributed by atoms with van der Waals surface area (Å²) in [5.41, 5.74) is 3.22. The molecule has 2 amide bonds. The average Bonchev–Trinajstić information content (AvgIpc) is 2.56. The highest BCUT2D eigenvalue weighted by Crippen LogP contribution is 2.30. The summed E-state index contributed by atoms with van der Waals surface area (Å²) in [4.78, 5) is 26.0. The van der Waals surface area contributed by atoms with Gasteiger partial charge in [-0.15, -0.1) is 0 Å². The Morgan fingerprint density at radius 3 is 2.46 bits per heavy atom. The molecule has 0 spiro atoms. The number of hydrogen-bond donors (Lipinski definition) is 1. The fraction of sp³-hybridized carbons (Fsp3) is 0.300. The molecule has 0 unspecified atom stereocenters. The van der Waals surface area contributed by atoms with Gasteiger partial charge in [0.15, 0.2) is 0 Å². The average molecular weight is 393 g/mol. The highest BCUT2D eigenvalue weighted by Gasteiger charge is 2.20. The van der Waals surface area contributed by atoms with Gasteiger partial charge in [-0.2, -0.15) is 0 Å². The van der Waals surface area contributed by atoms with Crippen LogP contribution >= 0.6 is 23.2 Å². The van der Waals surface area contributed by atoms with Crippen molar-refractivity contribution < 1.29 is 9.59 Å². The van der Waals surface area contributed by atoms with Crippen LogP contribution in [0.3, 0.4) is 0 Å². The fourth-order valence-corrected chi connectivity index (χ4v) is 3.11. The number of nitrogens with zero attached hydrogens (tertiary/aromatic N) is 1. The van der Waals surface area contributed by atoms with Crippen molar-refractivity contribution in [2.75, 3.05) is 16.8 Å². The zero-order chi connectivity index (χ0) is 19.4. The molecular weight excluding hydrogens is 371 g/mol. The van der Waals surface area contributed by atoms with Gasteiger partial charge in [0.2, 0.25) is 11.8 Å². The van der Waals surface area contributed by atoms with Crippen molar-refractivity contribution >= 4 is 46.4 Å². The predicted octanol–water partition coefficient (Wildman–Crippen LogP) is 5.42. The number of hydrogen-bond acceptors (Lipinski definition) is 2. The van der Waals surface area contributed by atoms with Crippen LogP contribution in [0.25, 0.3) is 0 Å². The number of amides is 2. The summed E-state index contributed by atoms with van der Waals surface area (Å²) in [5.74, 6) is -0.331. The minimum absolute atomic E-state index is 0.152. The lowest BCUT2D eigenvalue weighted by Gasteiger charge is -2.23. The molecule has 0 saturated carbocycles. The first-order chi connectivity index (χ1) is 12.2. The Morgan fingerprint density at radius 2 is 1.85 bits per heavy atom. The van der Waals surface area contributed by atoms with Gasteiger partial charge in [0.1, 0.15) is 6.54 Å². The minimum Gasteiger partial charge on any atom is -0.324 e. The number of aryl methyl sites for hydroxylation is 1. The lowest BCUT2D eigenvalue weighted by molar-refractivity contribution is -0.120. The molecule has 0 fully saturated rings. The highest BCUT2D eigenvalue weighted by molar-refractivity contribution is 6.35. The van der Waals surface area contributed by atoms with E-state index in [9.17, 15) is 9.59 Å². The number of para-hydroxylation sites is 1. The largest absolute Gasteiger partial charge is 0.324 e. The molecule has 138 valence electrons. The molecule has 0 atom stereocenters. The quantitative estimate of drug-likeness (QED) is 0.738. The van der Waals surface area contributed by atoms with E-state index in [1.807, 2.05) is 25.1 Å². The number of benzene rings is 2. The summed E-state index contributed by atoms with van der Waals surface area (Å²) in [7, 11) is 0. The first-order valence-corrected chi connectivity index (χ1v) is 9.08. The molecule has 0 bridgehead atoms. The molecular formula is C20H22Cl2N2O2. The van der Waals surface area contributed by atoms with Crippen LogP contribution in [0.4, 0.5) is 11.4 Å². The van der Waals surface area contributed by atoms with E-state index in [-0.39, 0.29) is 24.3 Å². The molecule has 0 saturated heterocycles. The fourth-order valence-electron chi connectivity index (χ4n) is 2.72. The van der Waals surface area contributed by atoms with Gasteiger partial charge >= 0.3 is 0 Å². The molecule has 0 heterocycles. The highest BCUT2D eigenvalue weighted by atomic mass is 35.5. The van der Waals surface area contributed by atoms with Crippen LogP contribution in [0.15, 0.2) is 36.4 Å². The first kappa shape index (κ1) is 20.3. The molecule has 2 aromatic rings. The third kappa shape index (κ3) is 4.77. The number of carbonyl (C=O) groups is 2. The van der Waals surface area contributed by atoms with Gasteiger partial charge in [0.05, 0.1) is 10.7 Å². The molecule has 4 nitrogen and oxygen atoms in total. The topological polar surface area (TPSA) is 49.4 Å². The van der Waals surface area contributed by atoms with Crippen molar-refractivity contribution in [3.8, 4) is 0 Å². The summed E-state index contributed by atoms with van der Waals surface area (Å²) < 4.78 is 0. The number of rotatable bonds is 5. The lowest BCUT2D eigenvalue weighted by atomic mass is 9.98. The maximum Gasteiger partial charge on any atom is 0.244 e. The molecule has 0 aliphatic rings. The maximum absolute atomic E-state index is 12.6. The molecule has 6 heteroatoms. The van der Waals surface area contributed by atoms with Crippen LogP contribution in [0.1, 0.15) is 37.8 Å². The second kappa shape index (κ2) is 8.56. The van der Waals surface area contributed by atoms with Crippen LogP contribution in [0.5, 0.6) is 0 Å². The van der Waals surface area contributed by atoms with Gasteiger partial charge < -0.3 is 10.2 Å². The third-order valence-electron chi connectivity index (χ3n) is 4.07. The van der Waals surface area contributed by atoms with Crippen LogP contribution in [-0.2, 0) is 9.59 Å². The van der Waals surface area contributed by atoms with Crippen molar-refractivity contribution in [1.82, 2.24) is 0 Å². The standard InChI is InChI=1S/C20H22Cl2N2O2/c1-12(2)16-7-5-6-13(3)20(16)23-19(26)11-24(14(4)25)18-10-15(21)8-9-17(18)22/h5-10,12H,11H2,1-4H3,(H,23,26). The normalized spacial score (nSPS) is 10.7. The van der Waals surface area contributed by atoms with Crippen LogP contribution in [0, 0.1) is 6.92 Å². The van der Waals surface area contributed by atoms with Crippen molar-refractivity contribution in [2.45, 2.75) is 33.6 Å². The van der Waals surface area contributed by atoms with Gasteiger partial charge in [0, 0.05) is 17.6 Å². The second-order valence-electron chi connectivity index (χ2n) is 6.44. The van der Waals surface area contributed by atoms with Gasteiger partial charge in [-0.25, -0.2) is 0 Å². The van der Waals surface area contributed by atoms with E-state index in [0.29, 0.717) is 15.7 Å². The number of anilines is 2. The Bertz CT molecular complexity index is 835. The Morgan fingerprint density at radius 1 is 1.15 bits per heavy atom. The maximum atomic E-state index is 12.6. The summed E-state index contributed by atoms with van der Waals surface area (Å²) in [6, 6.07) is 10.7. The Kier molecular flexibility index (Phi) is 6.68. The van der Waals surface area contributed by atoms with Crippen molar-refractivity contribution in [3.05, 3.63) is 57.6 Å². The molecule has 0 radical (unpaired) electrons.